The number of amides is 1. The number of aliphatic carboxylic acids is 1. The maximum absolute atomic E-state index is 12.1. The van der Waals surface area contributed by atoms with Crippen LogP contribution in [-0.4, -0.2) is 23.5 Å². The van der Waals surface area contributed by atoms with Crippen LogP contribution in [0.5, 0.6) is 0 Å². The minimum Gasteiger partial charge on any atom is -0.481 e. The molecule has 0 saturated heterocycles. The van der Waals surface area contributed by atoms with Gasteiger partial charge in [0.25, 0.3) is 0 Å². The molecule has 1 aliphatic heterocycles. The van der Waals surface area contributed by atoms with Crippen molar-refractivity contribution in [2.24, 2.45) is 0 Å². The zero-order valence-corrected chi connectivity index (χ0v) is 12.5. The van der Waals surface area contributed by atoms with Gasteiger partial charge in [-0.15, -0.1) is 0 Å². The quantitative estimate of drug-likeness (QED) is 0.914. The van der Waals surface area contributed by atoms with Gasteiger partial charge in [0.2, 0.25) is 5.91 Å². The molecular weight excluding hydrogens is 334 g/mol. The smallest absolute Gasteiger partial charge is 0.303 e. The van der Waals surface area contributed by atoms with Crippen LogP contribution in [-0.2, 0) is 16.0 Å². The Morgan fingerprint density at radius 1 is 1.37 bits per heavy atom. The molecule has 0 aliphatic carbocycles. The molecule has 0 saturated carbocycles. The first kappa shape index (κ1) is 14.3. The van der Waals surface area contributed by atoms with Gasteiger partial charge in [0.1, 0.15) is 0 Å². The number of hydrogen-bond donors (Lipinski definition) is 1. The molecule has 1 aromatic rings. The Morgan fingerprint density at radius 2 is 2.11 bits per heavy atom. The second-order valence-electron chi connectivity index (χ2n) is 4.44. The molecular formula is C13H13BrClNO3. The Hall–Kier alpha value is -1.07. The lowest BCUT2D eigenvalue weighted by molar-refractivity contribution is -0.138. The van der Waals surface area contributed by atoms with Crippen molar-refractivity contribution in [3.8, 4) is 0 Å². The van der Waals surface area contributed by atoms with E-state index in [2.05, 4.69) is 15.9 Å². The maximum Gasteiger partial charge on any atom is 0.303 e. The lowest BCUT2D eigenvalue weighted by Crippen LogP contribution is -2.35. The number of fused-ring (bicyclic) bond motifs is 1. The van der Waals surface area contributed by atoms with E-state index in [1.54, 1.807) is 11.0 Å². The summed E-state index contributed by atoms with van der Waals surface area (Å²) in [6.07, 6.45) is 1.58. The topological polar surface area (TPSA) is 57.6 Å². The van der Waals surface area contributed by atoms with Crippen molar-refractivity contribution >= 4 is 45.1 Å². The molecule has 0 radical (unpaired) electrons. The molecule has 1 amide bonds. The summed E-state index contributed by atoms with van der Waals surface area (Å²) in [5.41, 5.74) is 1.75. The van der Waals surface area contributed by atoms with E-state index in [4.69, 9.17) is 16.7 Å². The van der Waals surface area contributed by atoms with Gasteiger partial charge >= 0.3 is 5.97 Å². The summed E-state index contributed by atoms with van der Waals surface area (Å²) in [5.74, 6) is -1.15. The van der Waals surface area contributed by atoms with Gasteiger partial charge in [-0.25, -0.2) is 0 Å². The molecule has 0 unspecified atom stereocenters. The number of carbonyl (C=O) groups excluding carboxylic acids is 1. The molecule has 6 heteroatoms. The number of hydrogen-bond acceptors (Lipinski definition) is 2. The highest BCUT2D eigenvalue weighted by atomic mass is 79.9. The number of halogens is 2. The van der Waals surface area contributed by atoms with Crippen LogP contribution in [0.25, 0.3) is 0 Å². The van der Waals surface area contributed by atoms with Crippen molar-refractivity contribution in [1.82, 2.24) is 0 Å². The van der Waals surface area contributed by atoms with Crippen molar-refractivity contribution < 1.29 is 14.7 Å². The third kappa shape index (κ3) is 3.28. The molecule has 0 atom stereocenters. The molecule has 0 fully saturated rings. The van der Waals surface area contributed by atoms with Crippen molar-refractivity contribution in [1.29, 1.82) is 0 Å². The summed E-state index contributed by atoms with van der Waals surface area (Å²) in [4.78, 5) is 24.2. The van der Waals surface area contributed by atoms with Crippen molar-refractivity contribution in [3.63, 3.8) is 0 Å². The number of nitrogens with zero attached hydrogens (tertiary/aromatic N) is 1. The number of carbonyl (C=O) groups is 2. The lowest BCUT2D eigenvalue weighted by atomic mass is 10.0. The van der Waals surface area contributed by atoms with E-state index in [9.17, 15) is 9.59 Å². The number of anilines is 1. The van der Waals surface area contributed by atoms with E-state index in [-0.39, 0.29) is 18.7 Å². The predicted octanol–water partition coefficient (Wildman–Crippen LogP) is 3.25. The number of rotatable bonds is 3. The monoisotopic (exact) mass is 345 g/mol. The van der Waals surface area contributed by atoms with Crippen LogP contribution in [0.2, 0.25) is 5.02 Å². The fourth-order valence-electron chi connectivity index (χ4n) is 2.25. The van der Waals surface area contributed by atoms with Gasteiger partial charge in [0.15, 0.2) is 0 Å². The normalized spacial score (nSPS) is 14.1. The molecule has 0 bridgehead atoms. The van der Waals surface area contributed by atoms with E-state index >= 15 is 0 Å². The maximum atomic E-state index is 12.1. The van der Waals surface area contributed by atoms with Crippen molar-refractivity contribution in [2.45, 2.75) is 25.7 Å². The Kier molecular flexibility index (Phi) is 4.47. The summed E-state index contributed by atoms with van der Waals surface area (Å²) in [5, 5.41) is 9.17. The fourth-order valence-corrected chi connectivity index (χ4v) is 3.23. The van der Waals surface area contributed by atoms with E-state index in [0.29, 0.717) is 11.6 Å². The van der Waals surface area contributed by atoms with Gasteiger partial charge in [-0.1, -0.05) is 27.5 Å². The third-order valence-corrected chi connectivity index (χ3v) is 3.80. The molecule has 1 aromatic carbocycles. The van der Waals surface area contributed by atoms with Crippen LogP contribution >= 0.6 is 27.5 Å². The Morgan fingerprint density at radius 3 is 2.79 bits per heavy atom. The molecule has 1 N–H and O–H groups in total. The molecule has 102 valence electrons. The number of benzene rings is 1. The highest BCUT2D eigenvalue weighted by Crippen LogP contribution is 2.37. The zero-order valence-electron chi connectivity index (χ0n) is 10.2. The summed E-state index contributed by atoms with van der Waals surface area (Å²) in [6.45, 7) is 0.590. The van der Waals surface area contributed by atoms with Crippen LogP contribution in [0.4, 0.5) is 5.69 Å². The first-order valence-electron chi connectivity index (χ1n) is 5.99. The van der Waals surface area contributed by atoms with Crippen LogP contribution in [0.15, 0.2) is 16.6 Å². The van der Waals surface area contributed by atoms with Crippen LogP contribution in [0.3, 0.4) is 0 Å². The lowest BCUT2D eigenvalue weighted by Gasteiger charge is -2.30. The summed E-state index contributed by atoms with van der Waals surface area (Å²) >= 11 is 9.59. The first-order chi connectivity index (χ1) is 8.99. The molecule has 19 heavy (non-hydrogen) atoms. The minimum absolute atomic E-state index is 0.00116. The molecule has 2 rings (SSSR count). The van der Waals surface area contributed by atoms with Crippen LogP contribution in [0.1, 0.15) is 24.8 Å². The SMILES string of the molecule is O=C(O)CCC(=O)N1CCCc2cc(Br)cc(Cl)c21. The van der Waals surface area contributed by atoms with E-state index < -0.39 is 5.97 Å². The summed E-state index contributed by atoms with van der Waals surface area (Å²) < 4.78 is 0.885. The van der Waals surface area contributed by atoms with Gasteiger partial charge in [-0.05, 0) is 30.5 Å². The predicted molar refractivity (Wildman–Crippen MR) is 76.7 cm³/mol. The number of carboxylic acids is 1. The first-order valence-corrected chi connectivity index (χ1v) is 7.16. The Labute approximate surface area is 124 Å². The molecule has 1 heterocycles. The summed E-state index contributed by atoms with van der Waals surface area (Å²) in [7, 11) is 0. The molecule has 1 aliphatic rings. The second-order valence-corrected chi connectivity index (χ2v) is 5.76. The summed E-state index contributed by atoms with van der Waals surface area (Å²) in [6, 6.07) is 3.71. The van der Waals surface area contributed by atoms with Gasteiger partial charge < -0.3 is 10.0 Å². The highest BCUT2D eigenvalue weighted by molar-refractivity contribution is 9.10. The van der Waals surface area contributed by atoms with Crippen molar-refractivity contribution in [2.75, 3.05) is 11.4 Å². The largest absolute Gasteiger partial charge is 0.481 e. The van der Waals surface area contributed by atoms with Crippen molar-refractivity contribution in [3.05, 3.63) is 27.2 Å². The molecule has 4 nitrogen and oxygen atoms in total. The fraction of sp³-hybridized carbons (Fsp3) is 0.385. The van der Waals surface area contributed by atoms with E-state index in [1.807, 2.05) is 6.07 Å². The van der Waals surface area contributed by atoms with Gasteiger partial charge in [-0.3, -0.25) is 9.59 Å². The molecule has 0 aromatic heterocycles. The third-order valence-electron chi connectivity index (χ3n) is 3.06. The van der Waals surface area contributed by atoms with Crippen LogP contribution in [0, 0.1) is 0 Å². The Bertz CT molecular complexity index is 533. The van der Waals surface area contributed by atoms with Crippen LogP contribution < -0.4 is 4.90 Å². The average Bonchev–Trinajstić information content (AvgIpc) is 2.34. The second kappa shape index (κ2) is 5.92. The minimum atomic E-state index is -0.965. The van der Waals surface area contributed by atoms with E-state index in [0.717, 1.165) is 28.6 Å². The van der Waals surface area contributed by atoms with Gasteiger partial charge in [-0.2, -0.15) is 0 Å². The van der Waals surface area contributed by atoms with Gasteiger partial charge in [0, 0.05) is 17.4 Å². The van der Waals surface area contributed by atoms with E-state index in [1.165, 1.54) is 0 Å². The number of carboxylic acid groups (broad SMARTS) is 1. The standard InChI is InChI=1S/C13H13BrClNO3/c14-9-6-8-2-1-5-16(13(8)10(15)7-9)11(17)3-4-12(18)19/h6-7H,1-5H2,(H,18,19). The Balaban J connectivity index is 2.26. The zero-order chi connectivity index (χ0) is 14.0. The number of aryl methyl sites for hydroxylation is 1. The van der Waals surface area contributed by atoms with Gasteiger partial charge in [0.05, 0.1) is 17.1 Å². The molecule has 0 spiro atoms. The highest BCUT2D eigenvalue weighted by Gasteiger charge is 2.25. The average molecular weight is 347 g/mol.